The molecule has 0 unspecified atom stereocenters. The minimum Gasteiger partial charge on any atom is -0.316 e. The van der Waals surface area contributed by atoms with E-state index in [1.54, 1.807) is 0 Å². The van der Waals surface area contributed by atoms with Crippen molar-refractivity contribution < 1.29 is 0 Å². The summed E-state index contributed by atoms with van der Waals surface area (Å²) in [6.07, 6.45) is 1.20. The summed E-state index contributed by atoms with van der Waals surface area (Å²) in [6, 6.07) is 2.33. The van der Waals surface area contributed by atoms with Gasteiger partial charge in [0.25, 0.3) is 0 Å². The summed E-state index contributed by atoms with van der Waals surface area (Å²) in [5.41, 5.74) is 1.79. The molecule has 0 aliphatic heterocycles. The van der Waals surface area contributed by atoms with Crippen LogP contribution in [0.5, 0.6) is 0 Å². The van der Waals surface area contributed by atoms with E-state index < -0.39 is 0 Å². The largest absolute Gasteiger partial charge is 0.316 e. The zero-order chi connectivity index (χ0) is 12.2. The van der Waals surface area contributed by atoms with Gasteiger partial charge in [-0.25, -0.2) is 0 Å². The number of aryl methyl sites for hydroxylation is 1. The van der Waals surface area contributed by atoms with Gasteiger partial charge >= 0.3 is 0 Å². The lowest BCUT2D eigenvalue weighted by Crippen LogP contribution is -2.27. The highest BCUT2D eigenvalue weighted by Gasteiger charge is 2.20. The van der Waals surface area contributed by atoms with E-state index in [0.717, 1.165) is 19.0 Å². The lowest BCUT2D eigenvalue weighted by molar-refractivity contribution is 0.443. The molecule has 0 spiro atoms. The molecule has 0 amide bonds. The molecule has 1 rings (SSSR count). The van der Waals surface area contributed by atoms with Crippen LogP contribution in [0, 0.1) is 12.8 Å². The number of hydrogen-bond donors (Lipinski definition) is 1. The van der Waals surface area contributed by atoms with Crippen LogP contribution in [0.3, 0.4) is 0 Å². The Labute approximate surface area is 104 Å². The van der Waals surface area contributed by atoms with E-state index in [1.807, 2.05) is 11.3 Å². The highest BCUT2D eigenvalue weighted by molar-refractivity contribution is 7.10. The number of hydrogen-bond acceptors (Lipinski definition) is 2. The van der Waals surface area contributed by atoms with Crippen molar-refractivity contribution >= 4 is 11.3 Å². The Morgan fingerprint density at radius 2 is 2.06 bits per heavy atom. The second-order valence-electron chi connectivity index (χ2n) is 5.68. The third kappa shape index (κ3) is 4.26. The maximum Gasteiger partial charge on any atom is 0.00172 e. The van der Waals surface area contributed by atoms with E-state index in [-0.39, 0.29) is 0 Å². The molecule has 1 aromatic heterocycles. The van der Waals surface area contributed by atoms with Gasteiger partial charge in [0.2, 0.25) is 0 Å². The monoisotopic (exact) mass is 239 g/mol. The van der Waals surface area contributed by atoms with Gasteiger partial charge in [-0.3, -0.25) is 0 Å². The number of thiophene rings is 1. The molecule has 1 heterocycles. The Hall–Kier alpha value is -0.340. The Kier molecular flexibility index (Phi) is 5.00. The SMILES string of the molecule is Cc1cc(C(C)(C)CCNCC(C)C)cs1. The second-order valence-corrected chi connectivity index (χ2v) is 6.79. The highest BCUT2D eigenvalue weighted by atomic mass is 32.1. The summed E-state index contributed by atoms with van der Waals surface area (Å²) < 4.78 is 0. The van der Waals surface area contributed by atoms with Crippen molar-refractivity contribution in [3.8, 4) is 0 Å². The normalized spacial score (nSPS) is 12.4. The fourth-order valence-electron chi connectivity index (χ4n) is 1.73. The van der Waals surface area contributed by atoms with Crippen molar-refractivity contribution in [1.82, 2.24) is 5.32 Å². The van der Waals surface area contributed by atoms with Gasteiger partial charge in [0.05, 0.1) is 0 Å². The van der Waals surface area contributed by atoms with Gasteiger partial charge in [-0.15, -0.1) is 11.3 Å². The maximum atomic E-state index is 3.52. The van der Waals surface area contributed by atoms with Crippen molar-refractivity contribution in [2.45, 2.75) is 46.5 Å². The number of nitrogens with one attached hydrogen (secondary N) is 1. The standard InChI is InChI=1S/C14H25NS/c1-11(2)9-15-7-6-14(4,5)13-8-12(3)16-10-13/h8,10-11,15H,6-7,9H2,1-5H3. The molecular weight excluding hydrogens is 214 g/mol. The van der Waals surface area contributed by atoms with E-state index >= 15 is 0 Å². The molecule has 0 bridgehead atoms. The molecule has 0 saturated carbocycles. The van der Waals surface area contributed by atoms with Crippen LogP contribution in [0.1, 0.15) is 44.6 Å². The minimum atomic E-state index is 0.300. The summed E-state index contributed by atoms with van der Waals surface area (Å²) in [7, 11) is 0. The molecule has 0 aliphatic carbocycles. The van der Waals surface area contributed by atoms with E-state index in [1.165, 1.54) is 16.9 Å². The van der Waals surface area contributed by atoms with Gasteiger partial charge in [0.15, 0.2) is 0 Å². The smallest absolute Gasteiger partial charge is 0.00172 e. The fraction of sp³-hybridized carbons (Fsp3) is 0.714. The molecule has 1 N–H and O–H groups in total. The molecular formula is C14H25NS. The zero-order valence-corrected chi connectivity index (χ0v) is 12.1. The van der Waals surface area contributed by atoms with E-state index in [4.69, 9.17) is 0 Å². The molecule has 0 radical (unpaired) electrons. The van der Waals surface area contributed by atoms with E-state index in [2.05, 4.69) is 51.4 Å². The van der Waals surface area contributed by atoms with Crippen LogP contribution in [0.25, 0.3) is 0 Å². The van der Waals surface area contributed by atoms with Gasteiger partial charge < -0.3 is 5.32 Å². The summed E-state index contributed by atoms with van der Waals surface area (Å²) in [4.78, 5) is 1.42. The first-order chi connectivity index (χ1) is 7.42. The van der Waals surface area contributed by atoms with Crippen molar-refractivity contribution in [3.63, 3.8) is 0 Å². The van der Waals surface area contributed by atoms with Crippen molar-refractivity contribution in [1.29, 1.82) is 0 Å². The molecule has 0 fully saturated rings. The van der Waals surface area contributed by atoms with Crippen LogP contribution in [0.15, 0.2) is 11.4 Å². The van der Waals surface area contributed by atoms with Crippen molar-refractivity contribution in [3.05, 3.63) is 21.9 Å². The Balaban J connectivity index is 2.40. The summed E-state index contributed by atoms with van der Waals surface area (Å²) >= 11 is 1.85. The topological polar surface area (TPSA) is 12.0 Å². The van der Waals surface area contributed by atoms with Crippen LogP contribution >= 0.6 is 11.3 Å². The molecule has 92 valence electrons. The average Bonchev–Trinajstić information content (AvgIpc) is 2.60. The minimum absolute atomic E-state index is 0.300. The van der Waals surface area contributed by atoms with Crippen LogP contribution in [-0.2, 0) is 5.41 Å². The molecule has 0 saturated heterocycles. The lowest BCUT2D eigenvalue weighted by atomic mass is 9.83. The molecule has 0 aromatic carbocycles. The number of rotatable bonds is 6. The first-order valence-electron chi connectivity index (χ1n) is 6.18. The van der Waals surface area contributed by atoms with Gasteiger partial charge in [0.1, 0.15) is 0 Å². The first kappa shape index (κ1) is 13.7. The van der Waals surface area contributed by atoms with Crippen molar-refractivity contribution in [2.75, 3.05) is 13.1 Å². The third-order valence-corrected chi connectivity index (χ3v) is 3.85. The Bertz CT molecular complexity index is 312. The Morgan fingerprint density at radius 1 is 1.38 bits per heavy atom. The Morgan fingerprint density at radius 3 is 2.56 bits per heavy atom. The van der Waals surface area contributed by atoms with Crippen LogP contribution in [0.4, 0.5) is 0 Å². The van der Waals surface area contributed by atoms with Crippen LogP contribution < -0.4 is 5.32 Å². The maximum absolute atomic E-state index is 3.52. The molecule has 0 atom stereocenters. The lowest BCUT2D eigenvalue weighted by Gasteiger charge is -2.24. The molecule has 16 heavy (non-hydrogen) atoms. The second kappa shape index (κ2) is 5.83. The fourth-order valence-corrected chi connectivity index (χ4v) is 2.63. The predicted molar refractivity (Wildman–Crippen MR) is 74.4 cm³/mol. The van der Waals surface area contributed by atoms with E-state index in [9.17, 15) is 0 Å². The quantitative estimate of drug-likeness (QED) is 0.741. The molecule has 1 nitrogen and oxygen atoms in total. The van der Waals surface area contributed by atoms with Gasteiger partial charge in [-0.1, -0.05) is 27.7 Å². The molecule has 1 aromatic rings. The summed E-state index contributed by atoms with van der Waals surface area (Å²) in [5.74, 6) is 0.742. The van der Waals surface area contributed by atoms with E-state index in [0.29, 0.717) is 5.41 Å². The summed E-state index contributed by atoms with van der Waals surface area (Å²) in [5, 5.41) is 5.82. The highest BCUT2D eigenvalue weighted by Crippen LogP contribution is 2.30. The molecule has 0 aliphatic rings. The third-order valence-electron chi connectivity index (χ3n) is 2.99. The zero-order valence-electron chi connectivity index (χ0n) is 11.3. The van der Waals surface area contributed by atoms with Crippen LogP contribution in [0.2, 0.25) is 0 Å². The van der Waals surface area contributed by atoms with Gasteiger partial charge in [-0.2, -0.15) is 0 Å². The first-order valence-corrected chi connectivity index (χ1v) is 7.06. The molecule has 2 heteroatoms. The predicted octanol–water partition coefficient (Wildman–Crippen LogP) is 3.97. The van der Waals surface area contributed by atoms with Gasteiger partial charge in [0, 0.05) is 4.88 Å². The summed E-state index contributed by atoms with van der Waals surface area (Å²) in [6.45, 7) is 13.6. The average molecular weight is 239 g/mol. The van der Waals surface area contributed by atoms with Crippen LogP contribution in [-0.4, -0.2) is 13.1 Å². The van der Waals surface area contributed by atoms with Gasteiger partial charge in [-0.05, 0) is 54.8 Å². The van der Waals surface area contributed by atoms with Crippen molar-refractivity contribution in [2.24, 2.45) is 5.92 Å².